The Labute approximate surface area is 135 Å². The van der Waals surface area contributed by atoms with Gasteiger partial charge in [-0.3, -0.25) is 4.98 Å². The fourth-order valence-corrected chi connectivity index (χ4v) is 3.30. The van der Waals surface area contributed by atoms with Crippen LogP contribution in [0.15, 0.2) is 46.4 Å². The fraction of sp³-hybridized carbons (Fsp3) is 0.125. The standard InChI is InChI=1S/C16H12BrN3S/c1-10(12-7-16-15(19-9-12)4-5-21-16)20-14-3-2-13(17)6-11(14)8-18/h2-7,9-10,20H,1H3. The lowest BCUT2D eigenvalue weighted by Crippen LogP contribution is -2.08. The molecule has 2 heterocycles. The Morgan fingerprint density at radius 3 is 3.00 bits per heavy atom. The quantitative estimate of drug-likeness (QED) is 0.708. The maximum Gasteiger partial charge on any atom is 0.101 e. The number of hydrogen-bond acceptors (Lipinski definition) is 4. The van der Waals surface area contributed by atoms with Crippen LogP contribution in [0.25, 0.3) is 10.2 Å². The van der Waals surface area contributed by atoms with Crippen molar-refractivity contribution >= 4 is 43.2 Å². The number of nitrogens with one attached hydrogen (secondary N) is 1. The molecular formula is C16H12BrN3S. The molecule has 0 saturated heterocycles. The van der Waals surface area contributed by atoms with Gasteiger partial charge in [0.15, 0.2) is 0 Å². The first-order valence-electron chi connectivity index (χ1n) is 6.46. The van der Waals surface area contributed by atoms with Crippen LogP contribution in [0.4, 0.5) is 5.69 Å². The highest BCUT2D eigenvalue weighted by Gasteiger charge is 2.10. The Balaban J connectivity index is 1.89. The summed E-state index contributed by atoms with van der Waals surface area (Å²) in [5.41, 5.74) is 3.59. The van der Waals surface area contributed by atoms with Crippen molar-refractivity contribution in [3.63, 3.8) is 0 Å². The second-order valence-corrected chi connectivity index (χ2v) is 6.60. The fourth-order valence-electron chi connectivity index (χ4n) is 2.15. The molecule has 1 atom stereocenters. The minimum atomic E-state index is 0.0808. The van der Waals surface area contributed by atoms with Crippen LogP contribution in [0.2, 0.25) is 0 Å². The van der Waals surface area contributed by atoms with E-state index in [4.69, 9.17) is 0 Å². The zero-order valence-corrected chi connectivity index (χ0v) is 13.7. The second-order valence-electron chi connectivity index (χ2n) is 4.74. The van der Waals surface area contributed by atoms with Crippen LogP contribution in [0.5, 0.6) is 0 Å². The van der Waals surface area contributed by atoms with Crippen molar-refractivity contribution in [2.24, 2.45) is 0 Å². The van der Waals surface area contributed by atoms with Gasteiger partial charge in [0.2, 0.25) is 0 Å². The van der Waals surface area contributed by atoms with Gasteiger partial charge in [0.05, 0.1) is 27.5 Å². The molecule has 1 aromatic carbocycles. The Hall–Kier alpha value is -1.90. The molecule has 3 aromatic rings. The zero-order valence-electron chi connectivity index (χ0n) is 11.3. The smallest absolute Gasteiger partial charge is 0.101 e. The first kappa shape index (κ1) is 14.1. The van der Waals surface area contributed by atoms with Gasteiger partial charge in [0.25, 0.3) is 0 Å². The number of thiophene rings is 1. The lowest BCUT2D eigenvalue weighted by molar-refractivity contribution is 0.879. The summed E-state index contributed by atoms with van der Waals surface area (Å²) in [6, 6.07) is 12.1. The molecule has 1 N–H and O–H groups in total. The number of anilines is 1. The number of nitrogens with zero attached hydrogens (tertiary/aromatic N) is 2. The molecule has 0 aliphatic heterocycles. The van der Waals surface area contributed by atoms with E-state index < -0.39 is 0 Å². The lowest BCUT2D eigenvalue weighted by atomic mass is 10.1. The van der Waals surface area contributed by atoms with Crippen molar-refractivity contribution < 1.29 is 0 Å². The van der Waals surface area contributed by atoms with Gasteiger partial charge in [-0.1, -0.05) is 15.9 Å². The monoisotopic (exact) mass is 357 g/mol. The Kier molecular flexibility index (Phi) is 3.91. The van der Waals surface area contributed by atoms with Crippen molar-refractivity contribution in [3.05, 3.63) is 57.5 Å². The van der Waals surface area contributed by atoms with Gasteiger partial charge in [-0.15, -0.1) is 11.3 Å². The molecule has 0 amide bonds. The number of pyridine rings is 1. The largest absolute Gasteiger partial charge is 0.377 e. The summed E-state index contributed by atoms with van der Waals surface area (Å²) in [4.78, 5) is 4.46. The molecule has 3 rings (SSSR count). The van der Waals surface area contributed by atoms with E-state index in [9.17, 15) is 5.26 Å². The molecule has 104 valence electrons. The number of rotatable bonds is 3. The number of nitriles is 1. The van der Waals surface area contributed by atoms with Crippen LogP contribution in [0.3, 0.4) is 0 Å². The summed E-state index contributed by atoms with van der Waals surface area (Å²) in [7, 11) is 0. The predicted molar refractivity (Wildman–Crippen MR) is 90.5 cm³/mol. The summed E-state index contributed by atoms with van der Waals surface area (Å²) in [6.07, 6.45) is 1.89. The second kappa shape index (κ2) is 5.84. The number of halogens is 1. The van der Waals surface area contributed by atoms with Gasteiger partial charge in [0.1, 0.15) is 6.07 Å². The zero-order chi connectivity index (χ0) is 14.8. The molecule has 0 saturated carbocycles. The molecule has 0 spiro atoms. The van der Waals surface area contributed by atoms with E-state index in [0.717, 1.165) is 21.2 Å². The van der Waals surface area contributed by atoms with Gasteiger partial charge in [0, 0.05) is 10.7 Å². The van der Waals surface area contributed by atoms with Crippen molar-refractivity contribution in [2.45, 2.75) is 13.0 Å². The third-order valence-corrected chi connectivity index (χ3v) is 4.64. The Bertz CT molecular complexity index is 835. The maximum absolute atomic E-state index is 9.22. The molecule has 21 heavy (non-hydrogen) atoms. The van der Waals surface area contributed by atoms with Crippen LogP contribution in [-0.4, -0.2) is 4.98 Å². The third-order valence-electron chi connectivity index (χ3n) is 3.30. The molecule has 1 unspecified atom stereocenters. The van der Waals surface area contributed by atoms with E-state index >= 15 is 0 Å². The highest BCUT2D eigenvalue weighted by Crippen LogP contribution is 2.27. The van der Waals surface area contributed by atoms with E-state index in [-0.39, 0.29) is 6.04 Å². The summed E-state index contributed by atoms with van der Waals surface area (Å²) in [5.74, 6) is 0. The maximum atomic E-state index is 9.22. The summed E-state index contributed by atoms with van der Waals surface area (Å²) < 4.78 is 2.08. The summed E-state index contributed by atoms with van der Waals surface area (Å²) in [6.45, 7) is 2.07. The van der Waals surface area contributed by atoms with E-state index in [1.165, 1.54) is 4.70 Å². The lowest BCUT2D eigenvalue weighted by Gasteiger charge is -2.16. The Morgan fingerprint density at radius 2 is 2.19 bits per heavy atom. The van der Waals surface area contributed by atoms with Gasteiger partial charge >= 0.3 is 0 Å². The van der Waals surface area contributed by atoms with Gasteiger partial charge in [-0.25, -0.2) is 0 Å². The average Bonchev–Trinajstić information content (AvgIpc) is 2.96. The first-order valence-corrected chi connectivity index (χ1v) is 8.14. The molecular weight excluding hydrogens is 346 g/mol. The van der Waals surface area contributed by atoms with E-state index in [0.29, 0.717) is 5.56 Å². The van der Waals surface area contributed by atoms with E-state index in [1.807, 2.05) is 35.8 Å². The molecule has 0 aliphatic rings. The molecule has 0 radical (unpaired) electrons. The molecule has 5 heteroatoms. The summed E-state index contributed by atoms with van der Waals surface area (Å²) >= 11 is 5.07. The first-order chi connectivity index (χ1) is 10.2. The minimum absolute atomic E-state index is 0.0808. The third kappa shape index (κ3) is 2.92. The van der Waals surface area contributed by atoms with Gasteiger partial charge in [-0.05, 0) is 48.2 Å². The van der Waals surface area contributed by atoms with Crippen molar-refractivity contribution in [1.82, 2.24) is 4.98 Å². The molecule has 0 bridgehead atoms. The topological polar surface area (TPSA) is 48.7 Å². The SMILES string of the molecule is CC(Nc1ccc(Br)cc1C#N)c1cnc2ccsc2c1. The Morgan fingerprint density at radius 1 is 1.33 bits per heavy atom. The molecule has 2 aromatic heterocycles. The van der Waals surface area contributed by atoms with Crippen molar-refractivity contribution in [2.75, 3.05) is 5.32 Å². The molecule has 0 aliphatic carbocycles. The number of aromatic nitrogens is 1. The van der Waals surface area contributed by atoms with Crippen LogP contribution < -0.4 is 5.32 Å². The van der Waals surface area contributed by atoms with Crippen LogP contribution >= 0.6 is 27.3 Å². The van der Waals surface area contributed by atoms with E-state index in [2.05, 4.69) is 45.3 Å². The molecule has 3 nitrogen and oxygen atoms in total. The highest BCUT2D eigenvalue weighted by molar-refractivity contribution is 9.10. The van der Waals surface area contributed by atoms with Crippen molar-refractivity contribution in [1.29, 1.82) is 5.26 Å². The van der Waals surface area contributed by atoms with E-state index in [1.54, 1.807) is 11.3 Å². The number of benzene rings is 1. The minimum Gasteiger partial charge on any atom is -0.377 e. The molecule has 0 fully saturated rings. The van der Waals surface area contributed by atoms with Crippen LogP contribution in [0, 0.1) is 11.3 Å². The van der Waals surface area contributed by atoms with Crippen molar-refractivity contribution in [3.8, 4) is 6.07 Å². The average molecular weight is 358 g/mol. The van der Waals surface area contributed by atoms with Gasteiger partial charge < -0.3 is 5.32 Å². The van der Waals surface area contributed by atoms with Crippen LogP contribution in [0.1, 0.15) is 24.1 Å². The number of hydrogen-bond donors (Lipinski definition) is 1. The number of fused-ring (bicyclic) bond motifs is 1. The normalized spacial score (nSPS) is 12.0. The highest BCUT2D eigenvalue weighted by atomic mass is 79.9. The van der Waals surface area contributed by atoms with Crippen LogP contribution in [-0.2, 0) is 0 Å². The predicted octanol–water partition coefficient (Wildman–Crippen LogP) is 5.10. The summed E-state index contributed by atoms with van der Waals surface area (Å²) in [5, 5.41) is 14.6. The van der Waals surface area contributed by atoms with Gasteiger partial charge in [-0.2, -0.15) is 5.26 Å².